The van der Waals surface area contributed by atoms with Gasteiger partial charge in [-0.15, -0.1) is 0 Å². The molecular formula is C29H36ClFN3O5P. The van der Waals surface area contributed by atoms with E-state index in [-0.39, 0.29) is 47.6 Å². The first-order valence-corrected chi connectivity index (χ1v) is 15.4. The van der Waals surface area contributed by atoms with Gasteiger partial charge in [0.25, 0.3) is 0 Å². The highest BCUT2D eigenvalue weighted by Crippen LogP contribution is 2.32. The number of ether oxygens (including phenoxy) is 1. The smallest absolute Gasteiger partial charge is 0.243 e. The summed E-state index contributed by atoms with van der Waals surface area (Å²) >= 11 is 5.83. The van der Waals surface area contributed by atoms with Gasteiger partial charge in [-0.2, -0.15) is 0 Å². The number of aromatic nitrogens is 1. The Bertz CT molecular complexity index is 1360. The number of carbonyl (C=O) groups excluding carboxylic acids is 3. The molecule has 2 aromatic carbocycles. The van der Waals surface area contributed by atoms with Crippen molar-refractivity contribution >= 4 is 48.2 Å². The fourth-order valence-electron chi connectivity index (χ4n) is 4.57. The SMILES string of the molecule is CC.CCP(O)COc1ccc2c(C(C)=O)cn(CC(=O)N3CCCC3C(=O)NCc3cccc(Cl)c3F)c2c1. The molecule has 1 aliphatic rings. The monoisotopic (exact) mass is 591 g/mol. The lowest BCUT2D eigenvalue weighted by molar-refractivity contribution is -0.138. The van der Waals surface area contributed by atoms with E-state index in [1.54, 1.807) is 41.1 Å². The highest BCUT2D eigenvalue weighted by Gasteiger charge is 2.34. The minimum Gasteiger partial charge on any atom is -0.487 e. The topological polar surface area (TPSA) is 101 Å². The Kier molecular flexibility index (Phi) is 11.5. The molecule has 216 valence electrons. The molecule has 1 saturated heterocycles. The third-order valence-corrected chi connectivity index (χ3v) is 8.09. The highest BCUT2D eigenvalue weighted by molar-refractivity contribution is 7.51. The first-order chi connectivity index (χ1) is 19.2. The van der Waals surface area contributed by atoms with E-state index in [4.69, 9.17) is 16.3 Å². The Balaban J connectivity index is 0.00000216. The lowest BCUT2D eigenvalue weighted by Gasteiger charge is -2.24. The summed E-state index contributed by atoms with van der Waals surface area (Å²) in [5, 5.41) is 3.40. The first kappa shape index (κ1) is 31.5. The molecule has 40 heavy (non-hydrogen) atoms. The number of hydrogen-bond acceptors (Lipinski definition) is 5. The number of nitrogens with one attached hydrogen (secondary N) is 1. The number of fused-ring (bicyclic) bond motifs is 1. The van der Waals surface area contributed by atoms with Crippen molar-refractivity contribution in [3.05, 3.63) is 64.6 Å². The molecule has 0 bridgehead atoms. The number of nitrogens with zero attached hydrogens (tertiary/aromatic N) is 2. The molecule has 2 unspecified atom stereocenters. The lowest BCUT2D eigenvalue weighted by Crippen LogP contribution is -2.46. The van der Waals surface area contributed by atoms with Gasteiger partial charge in [-0.3, -0.25) is 14.4 Å². The van der Waals surface area contributed by atoms with E-state index < -0.39 is 20.0 Å². The van der Waals surface area contributed by atoms with Crippen molar-refractivity contribution in [3.63, 3.8) is 0 Å². The Morgan fingerprint density at radius 1 is 1.23 bits per heavy atom. The van der Waals surface area contributed by atoms with Crippen LogP contribution in [0.3, 0.4) is 0 Å². The average molecular weight is 592 g/mol. The third kappa shape index (κ3) is 7.39. The van der Waals surface area contributed by atoms with Gasteiger partial charge in [-0.1, -0.05) is 44.5 Å². The maximum absolute atomic E-state index is 14.2. The number of halogens is 2. The maximum atomic E-state index is 14.2. The van der Waals surface area contributed by atoms with Crippen LogP contribution in [-0.2, 0) is 22.7 Å². The summed E-state index contributed by atoms with van der Waals surface area (Å²) in [6.45, 7) is 7.67. The van der Waals surface area contributed by atoms with Crippen molar-refractivity contribution in [1.29, 1.82) is 0 Å². The third-order valence-electron chi connectivity index (χ3n) is 6.64. The zero-order valence-corrected chi connectivity index (χ0v) is 24.9. The van der Waals surface area contributed by atoms with Crippen molar-refractivity contribution in [2.24, 2.45) is 0 Å². The van der Waals surface area contributed by atoms with Gasteiger partial charge < -0.3 is 24.4 Å². The number of ketones is 1. The van der Waals surface area contributed by atoms with Crippen LogP contribution in [0.4, 0.5) is 4.39 Å². The van der Waals surface area contributed by atoms with Crippen LogP contribution in [0.25, 0.3) is 10.9 Å². The van der Waals surface area contributed by atoms with Crippen LogP contribution in [0, 0.1) is 5.82 Å². The summed E-state index contributed by atoms with van der Waals surface area (Å²) in [4.78, 5) is 50.0. The largest absolute Gasteiger partial charge is 0.487 e. The molecule has 3 aromatic rings. The second-order valence-electron chi connectivity index (χ2n) is 9.18. The average Bonchev–Trinajstić information content (AvgIpc) is 3.59. The van der Waals surface area contributed by atoms with Crippen molar-refractivity contribution in [2.75, 3.05) is 19.1 Å². The van der Waals surface area contributed by atoms with Gasteiger partial charge in [0.05, 0.1) is 18.7 Å². The molecule has 2 atom stereocenters. The molecule has 0 spiro atoms. The van der Waals surface area contributed by atoms with Crippen LogP contribution in [0.2, 0.25) is 5.02 Å². The molecule has 1 aromatic heterocycles. The second kappa shape index (κ2) is 14.6. The van der Waals surface area contributed by atoms with Gasteiger partial charge in [0.1, 0.15) is 30.5 Å². The number of amides is 2. The van der Waals surface area contributed by atoms with Crippen LogP contribution in [0.5, 0.6) is 5.75 Å². The van der Waals surface area contributed by atoms with Gasteiger partial charge in [-0.05, 0) is 44.1 Å². The number of likely N-dealkylation sites (tertiary alicyclic amines) is 1. The predicted molar refractivity (Wildman–Crippen MR) is 156 cm³/mol. The molecule has 2 heterocycles. The van der Waals surface area contributed by atoms with E-state index in [1.165, 1.54) is 17.9 Å². The maximum Gasteiger partial charge on any atom is 0.243 e. The predicted octanol–water partition coefficient (Wildman–Crippen LogP) is 5.72. The first-order valence-electron chi connectivity index (χ1n) is 13.4. The molecule has 2 N–H and O–H groups in total. The number of hydrogen-bond donors (Lipinski definition) is 2. The normalized spacial score (nSPS) is 15.4. The number of benzene rings is 2. The van der Waals surface area contributed by atoms with E-state index in [0.29, 0.717) is 47.8 Å². The Hall–Kier alpha value is -3.00. The molecule has 4 rings (SSSR count). The fraction of sp³-hybridized carbons (Fsp3) is 0.414. The zero-order valence-electron chi connectivity index (χ0n) is 23.2. The van der Waals surface area contributed by atoms with Gasteiger partial charge in [0.2, 0.25) is 11.8 Å². The van der Waals surface area contributed by atoms with E-state index in [0.717, 1.165) is 0 Å². The Labute approximate surface area is 240 Å². The molecule has 0 saturated carbocycles. The van der Waals surface area contributed by atoms with Gasteiger partial charge in [0, 0.05) is 41.9 Å². The Morgan fingerprint density at radius 3 is 2.67 bits per heavy atom. The van der Waals surface area contributed by atoms with Crippen LogP contribution in [0.15, 0.2) is 42.6 Å². The minimum atomic E-state index is -1.22. The summed E-state index contributed by atoms with van der Waals surface area (Å²) in [6, 6.07) is 9.19. The van der Waals surface area contributed by atoms with Gasteiger partial charge >= 0.3 is 0 Å². The Morgan fingerprint density at radius 2 is 1.98 bits per heavy atom. The van der Waals surface area contributed by atoms with Crippen molar-refractivity contribution in [3.8, 4) is 5.75 Å². The van der Waals surface area contributed by atoms with Crippen LogP contribution in [-0.4, -0.2) is 57.1 Å². The molecule has 1 fully saturated rings. The van der Waals surface area contributed by atoms with Crippen LogP contribution < -0.4 is 10.1 Å². The molecule has 2 amide bonds. The lowest BCUT2D eigenvalue weighted by atomic mass is 10.1. The van der Waals surface area contributed by atoms with E-state index in [1.807, 2.05) is 20.8 Å². The summed E-state index contributed by atoms with van der Waals surface area (Å²) in [7, 11) is -1.22. The fourth-order valence-corrected chi connectivity index (χ4v) is 5.25. The van der Waals surface area contributed by atoms with E-state index in [2.05, 4.69) is 5.32 Å². The summed E-state index contributed by atoms with van der Waals surface area (Å²) in [6.07, 6.45) is 3.63. The molecule has 11 heteroatoms. The second-order valence-corrected chi connectivity index (χ2v) is 11.5. The zero-order chi connectivity index (χ0) is 29.4. The standard InChI is InChI=1S/C27H30ClFN3O5P.C2H6/c1-3-38(36)16-37-19-9-10-20-21(17(2)33)14-31(24(20)12-19)15-25(34)32-11-5-8-23(32)27(35)30-13-18-6-4-7-22(28)26(18)29;1-2/h4,6-7,9-10,12,14,23,36H,3,5,8,11,13,15-16H2,1-2H3,(H,30,35);1-2H3. The van der Waals surface area contributed by atoms with Crippen molar-refractivity contribution in [2.45, 2.75) is 59.7 Å². The summed E-state index contributed by atoms with van der Waals surface area (Å²) < 4.78 is 21.6. The molecule has 0 radical (unpaired) electrons. The summed E-state index contributed by atoms with van der Waals surface area (Å²) in [5.74, 6) is -0.806. The molecule has 1 aliphatic heterocycles. The number of rotatable bonds is 10. The van der Waals surface area contributed by atoms with Crippen LogP contribution in [0.1, 0.15) is 56.5 Å². The number of Topliss-reactive ketones (excluding diaryl/α,β-unsaturated/α-hetero) is 1. The minimum absolute atomic E-state index is 0.0191. The molecule has 0 aliphatic carbocycles. The van der Waals surface area contributed by atoms with Crippen molar-refractivity contribution < 1.29 is 28.4 Å². The van der Waals surface area contributed by atoms with Crippen LogP contribution >= 0.6 is 19.7 Å². The summed E-state index contributed by atoms with van der Waals surface area (Å²) in [5.41, 5.74) is 1.40. The van der Waals surface area contributed by atoms with E-state index >= 15 is 0 Å². The number of carbonyl (C=O) groups is 3. The van der Waals surface area contributed by atoms with Crippen molar-refractivity contribution in [1.82, 2.24) is 14.8 Å². The van der Waals surface area contributed by atoms with Gasteiger partial charge in [-0.25, -0.2) is 4.39 Å². The van der Waals surface area contributed by atoms with E-state index in [9.17, 15) is 23.7 Å². The highest BCUT2D eigenvalue weighted by atomic mass is 35.5. The molecular weight excluding hydrogens is 556 g/mol. The quantitative estimate of drug-likeness (QED) is 0.232. The van der Waals surface area contributed by atoms with Gasteiger partial charge in [0.15, 0.2) is 5.78 Å². The molecule has 8 nitrogen and oxygen atoms in total.